The average molecular weight is 364 g/mol. The van der Waals surface area contributed by atoms with Crippen LogP contribution in [0.5, 0.6) is 5.75 Å². The number of hydrazone groups is 1. The Kier molecular flexibility index (Phi) is 5.30. The number of ether oxygens (including phenoxy) is 1. The Labute approximate surface area is 156 Å². The van der Waals surface area contributed by atoms with Crippen molar-refractivity contribution in [2.45, 2.75) is 13.8 Å². The van der Waals surface area contributed by atoms with Crippen LogP contribution in [0.2, 0.25) is 0 Å². The number of nitrogens with zero attached hydrogens (tertiary/aromatic N) is 3. The van der Waals surface area contributed by atoms with Crippen LogP contribution < -0.4 is 15.7 Å². The summed E-state index contributed by atoms with van der Waals surface area (Å²) in [5, 5.41) is 9.17. The Morgan fingerprint density at radius 2 is 1.81 bits per heavy atom. The molecule has 0 bridgehead atoms. The van der Waals surface area contributed by atoms with E-state index in [-0.39, 0.29) is 11.3 Å². The van der Waals surface area contributed by atoms with Crippen LogP contribution in [0.1, 0.15) is 29.9 Å². The Morgan fingerprint density at radius 3 is 2.48 bits per heavy atom. The lowest BCUT2D eigenvalue weighted by molar-refractivity contribution is 0.0949. The average Bonchev–Trinajstić information content (AvgIpc) is 2.69. The van der Waals surface area contributed by atoms with E-state index >= 15 is 0 Å². The lowest BCUT2D eigenvalue weighted by Crippen LogP contribution is -2.27. The summed E-state index contributed by atoms with van der Waals surface area (Å²) in [5.41, 5.74) is 3.91. The van der Waals surface area contributed by atoms with Gasteiger partial charge in [0.05, 0.1) is 17.7 Å². The fraction of sp³-hybridized carbons (Fsp3) is 0.200. The number of nitrogens with one attached hydrogen (secondary N) is 1. The first kappa shape index (κ1) is 18.3. The number of benzene rings is 2. The van der Waals surface area contributed by atoms with E-state index in [1.807, 2.05) is 31.2 Å². The monoisotopic (exact) mass is 364 g/mol. The maximum atomic E-state index is 12.6. The fourth-order valence-electron chi connectivity index (χ4n) is 2.68. The van der Waals surface area contributed by atoms with Crippen LogP contribution in [0.25, 0.3) is 10.8 Å². The molecule has 2 aromatic carbocycles. The minimum Gasteiger partial charge on any atom is -0.494 e. The van der Waals surface area contributed by atoms with Crippen LogP contribution in [0.15, 0.2) is 58.4 Å². The van der Waals surface area contributed by atoms with Crippen LogP contribution in [-0.2, 0) is 7.05 Å². The zero-order valence-electron chi connectivity index (χ0n) is 15.4. The fourth-order valence-corrected chi connectivity index (χ4v) is 2.68. The molecule has 0 unspecified atom stereocenters. The van der Waals surface area contributed by atoms with E-state index in [2.05, 4.69) is 15.6 Å². The number of aromatic nitrogens is 2. The van der Waals surface area contributed by atoms with E-state index in [1.54, 1.807) is 31.2 Å². The third-order valence-electron chi connectivity index (χ3n) is 4.08. The number of carbonyl (C=O) groups excluding carboxylic acids is 1. The standard InChI is InChI=1S/C20H20N4O3/c1-4-27-15-11-9-14(10-12-15)13(2)21-22-19(25)18-16-7-5-6-8-17(16)20(26)24(3)23-18/h5-12H,4H2,1-3H3,(H,22,25)/b21-13-. The normalized spacial score (nSPS) is 11.4. The Morgan fingerprint density at radius 1 is 1.15 bits per heavy atom. The molecule has 138 valence electrons. The van der Waals surface area contributed by atoms with Gasteiger partial charge in [-0.15, -0.1) is 0 Å². The molecule has 1 amide bonds. The van der Waals surface area contributed by atoms with Crippen LogP contribution in [-0.4, -0.2) is 28.0 Å². The number of hydrogen-bond acceptors (Lipinski definition) is 5. The Hall–Kier alpha value is -3.48. The van der Waals surface area contributed by atoms with Gasteiger partial charge in [0, 0.05) is 12.4 Å². The molecule has 0 atom stereocenters. The summed E-state index contributed by atoms with van der Waals surface area (Å²) in [6.45, 7) is 4.32. The van der Waals surface area contributed by atoms with Crippen LogP contribution in [0.3, 0.4) is 0 Å². The minimum atomic E-state index is -0.480. The number of aryl methyl sites for hydroxylation is 1. The highest BCUT2D eigenvalue weighted by Crippen LogP contribution is 2.14. The smallest absolute Gasteiger partial charge is 0.292 e. The van der Waals surface area contributed by atoms with E-state index < -0.39 is 5.91 Å². The van der Waals surface area contributed by atoms with E-state index in [0.717, 1.165) is 16.0 Å². The third-order valence-corrected chi connectivity index (χ3v) is 4.08. The van der Waals surface area contributed by atoms with Gasteiger partial charge in [0.25, 0.3) is 11.5 Å². The van der Waals surface area contributed by atoms with Gasteiger partial charge in [-0.05, 0) is 49.7 Å². The SMILES string of the molecule is CCOc1ccc(/C(C)=N\NC(=O)c2nn(C)c(=O)c3ccccc23)cc1. The molecule has 0 saturated heterocycles. The maximum absolute atomic E-state index is 12.6. The molecular formula is C20H20N4O3. The van der Waals surface area contributed by atoms with Crippen molar-refractivity contribution in [3.8, 4) is 5.75 Å². The van der Waals surface area contributed by atoms with Gasteiger partial charge in [-0.1, -0.05) is 18.2 Å². The molecular weight excluding hydrogens is 344 g/mol. The van der Waals surface area contributed by atoms with Gasteiger partial charge in [0.1, 0.15) is 5.75 Å². The van der Waals surface area contributed by atoms with Gasteiger partial charge < -0.3 is 4.74 Å². The van der Waals surface area contributed by atoms with E-state index in [4.69, 9.17) is 4.74 Å². The zero-order chi connectivity index (χ0) is 19.4. The molecule has 3 rings (SSSR count). The molecule has 0 aliphatic carbocycles. The van der Waals surface area contributed by atoms with Gasteiger partial charge in [-0.3, -0.25) is 9.59 Å². The highest BCUT2D eigenvalue weighted by atomic mass is 16.5. The van der Waals surface area contributed by atoms with Crippen LogP contribution >= 0.6 is 0 Å². The first-order chi connectivity index (χ1) is 13.0. The molecule has 1 N–H and O–H groups in total. The topological polar surface area (TPSA) is 85.6 Å². The summed E-state index contributed by atoms with van der Waals surface area (Å²) in [7, 11) is 1.51. The molecule has 27 heavy (non-hydrogen) atoms. The molecule has 0 radical (unpaired) electrons. The second-order valence-electron chi connectivity index (χ2n) is 5.92. The van der Waals surface area contributed by atoms with Crippen LogP contribution in [0.4, 0.5) is 0 Å². The van der Waals surface area contributed by atoms with Crippen LogP contribution in [0, 0.1) is 0 Å². The van der Waals surface area contributed by atoms with Crippen molar-refractivity contribution < 1.29 is 9.53 Å². The largest absolute Gasteiger partial charge is 0.494 e. The quantitative estimate of drug-likeness (QED) is 0.557. The predicted octanol–water partition coefficient (Wildman–Crippen LogP) is 2.49. The number of hydrogen-bond donors (Lipinski definition) is 1. The second-order valence-corrected chi connectivity index (χ2v) is 5.92. The maximum Gasteiger partial charge on any atom is 0.292 e. The van der Waals surface area contributed by atoms with Gasteiger partial charge in [0.15, 0.2) is 5.69 Å². The minimum absolute atomic E-state index is 0.149. The molecule has 0 fully saturated rings. The molecule has 7 nitrogen and oxygen atoms in total. The van der Waals surface area contributed by atoms with Gasteiger partial charge in [0.2, 0.25) is 0 Å². The third kappa shape index (κ3) is 3.87. The van der Waals surface area contributed by atoms with Crippen molar-refractivity contribution in [2.75, 3.05) is 6.61 Å². The molecule has 1 aromatic heterocycles. The van der Waals surface area contributed by atoms with Crippen molar-refractivity contribution >= 4 is 22.4 Å². The van der Waals surface area contributed by atoms with Crippen molar-refractivity contribution in [1.82, 2.24) is 15.2 Å². The van der Waals surface area contributed by atoms with Crippen molar-refractivity contribution in [3.05, 3.63) is 70.1 Å². The highest BCUT2D eigenvalue weighted by molar-refractivity contribution is 6.06. The van der Waals surface area contributed by atoms with Crippen molar-refractivity contribution in [2.24, 2.45) is 12.1 Å². The number of amides is 1. The van der Waals surface area contributed by atoms with E-state index in [9.17, 15) is 9.59 Å². The van der Waals surface area contributed by atoms with Crippen molar-refractivity contribution in [3.63, 3.8) is 0 Å². The summed E-state index contributed by atoms with van der Waals surface area (Å²) in [4.78, 5) is 24.7. The molecule has 0 spiro atoms. The Balaban J connectivity index is 1.85. The summed E-state index contributed by atoms with van der Waals surface area (Å²) in [6.07, 6.45) is 0. The highest BCUT2D eigenvalue weighted by Gasteiger charge is 2.15. The summed E-state index contributed by atoms with van der Waals surface area (Å²) < 4.78 is 6.57. The number of fused-ring (bicyclic) bond motifs is 1. The molecule has 7 heteroatoms. The number of rotatable bonds is 5. The second kappa shape index (κ2) is 7.82. The summed E-state index contributed by atoms with van der Waals surface area (Å²) in [5.74, 6) is 0.297. The Bertz CT molecular complexity index is 1070. The van der Waals surface area contributed by atoms with Crippen molar-refractivity contribution in [1.29, 1.82) is 0 Å². The zero-order valence-corrected chi connectivity index (χ0v) is 15.4. The molecule has 0 aliphatic rings. The van der Waals surface area contributed by atoms with E-state index in [1.165, 1.54) is 7.05 Å². The molecule has 0 aliphatic heterocycles. The molecule has 0 saturated carbocycles. The first-order valence-corrected chi connectivity index (χ1v) is 8.55. The van der Waals surface area contributed by atoms with Gasteiger partial charge in [-0.2, -0.15) is 10.2 Å². The summed E-state index contributed by atoms with van der Waals surface area (Å²) >= 11 is 0. The lowest BCUT2D eigenvalue weighted by Gasteiger charge is -2.08. The lowest BCUT2D eigenvalue weighted by atomic mass is 10.1. The molecule has 3 aromatic rings. The summed E-state index contributed by atoms with van der Waals surface area (Å²) in [6, 6.07) is 14.3. The van der Waals surface area contributed by atoms with Gasteiger partial charge in [-0.25, -0.2) is 10.1 Å². The van der Waals surface area contributed by atoms with E-state index in [0.29, 0.717) is 23.1 Å². The predicted molar refractivity (Wildman–Crippen MR) is 104 cm³/mol. The molecule has 1 heterocycles. The first-order valence-electron chi connectivity index (χ1n) is 8.55. The van der Waals surface area contributed by atoms with Gasteiger partial charge >= 0.3 is 0 Å². The number of carbonyl (C=O) groups is 1.